The molecular formula is C15H23NO. The molecular weight excluding hydrogens is 210 g/mol. The number of aryl methyl sites for hydroxylation is 1. The molecule has 17 heavy (non-hydrogen) atoms. The summed E-state index contributed by atoms with van der Waals surface area (Å²) < 4.78 is 5.53. The van der Waals surface area contributed by atoms with E-state index in [1.807, 2.05) is 14.0 Å². The van der Waals surface area contributed by atoms with Crippen LogP contribution in [0.5, 0.6) is 0 Å². The lowest BCUT2D eigenvalue weighted by Crippen LogP contribution is -2.17. The molecule has 0 saturated heterocycles. The highest BCUT2D eigenvalue weighted by Gasteiger charge is 2.42. The van der Waals surface area contributed by atoms with Crippen molar-refractivity contribution in [2.45, 2.75) is 50.7 Å². The molecule has 1 aliphatic rings. The minimum absolute atomic E-state index is 0.213. The van der Waals surface area contributed by atoms with E-state index in [0.29, 0.717) is 0 Å². The highest BCUT2D eigenvalue weighted by Crippen LogP contribution is 2.42. The van der Waals surface area contributed by atoms with Crippen LogP contribution < -0.4 is 5.73 Å². The van der Waals surface area contributed by atoms with Crippen molar-refractivity contribution in [3.63, 3.8) is 0 Å². The highest BCUT2D eigenvalue weighted by atomic mass is 16.5. The Morgan fingerprint density at radius 2 is 1.82 bits per heavy atom. The van der Waals surface area contributed by atoms with Gasteiger partial charge < -0.3 is 10.5 Å². The summed E-state index contributed by atoms with van der Waals surface area (Å²) in [4.78, 5) is 0. The second-order valence-corrected chi connectivity index (χ2v) is 5.39. The fourth-order valence-corrected chi connectivity index (χ4v) is 2.28. The van der Waals surface area contributed by atoms with Crippen molar-refractivity contribution >= 4 is 0 Å². The highest BCUT2D eigenvalue weighted by molar-refractivity contribution is 5.23. The first-order chi connectivity index (χ1) is 8.13. The minimum atomic E-state index is 0.213. The second kappa shape index (κ2) is 5.19. The number of methoxy groups -OCH3 is 1. The lowest BCUT2D eigenvalue weighted by molar-refractivity contribution is 0.0731. The van der Waals surface area contributed by atoms with Crippen molar-refractivity contribution in [3.8, 4) is 0 Å². The van der Waals surface area contributed by atoms with E-state index in [2.05, 4.69) is 24.3 Å². The van der Waals surface area contributed by atoms with Gasteiger partial charge in [-0.05, 0) is 50.2 Å². The summed E-state index contributed by atoms with van der Waals surface area (Å²) in [5.41, 5.74) is 8.74. The molecule has 0 amide bonds. The number of nitrogens with two attached hydrogens (primary N) is 1. The van der Waals surface area contributed by atoms with Gasteiger partial charge in [-0.3, -0.25) is 0 Å². The second-order valence-electron chi connectivity index (χ2n) is 5.39. The number of ether oxygens (including phenoxy) is 1. The quantitative estimate of drug-likeness (QED) is 0.820. The summed E-state index contributed by atoms with van der Waals surface area (Å²) in [6, 6.07) is 9.09. The maximum Gasteiger partial charge on any atom is 0.0684 e. The molecule has 2 N–H and O–H groups in total. The van der Waals surface area contributed by atoms with E-state index < -0.39 is 0 Å². The van der Waals surface area contributed by atoms with Crippen molar-refractivity contribution in [1.29, 1.82) is 0 Å². The zero-order valence-corrected chi connectivity index (χ0v) is 10.9. The van der Waals surface area contributed by atoms with Crippen LogP contribution in [0.25, 0.3) is 0 Å². The summed E-state index contributed by atoms with van der Waals surface area (Å²) in [5, 5.41) is 0. The zero-order valence-electron chi connectivity index (χ0n) is 10.9. The van der Waals surface area contributed by atoms with Gasteiger partial charge in [0, 0.05) is 13.2 Å². The summed E-state index contributed by atoms with van der Waals surface area (Å²) in [5.74, 6) is 0. The Bertz CT molecular complexity index is 352. The molecule has 2 rings (SSSR count). The maximum atomic E-state index is 5.79. The van der Waals surface area contributed by atoms with Gasteiger partial charge in [-0.1, -0.05) is 24.3 Å². The Labute approximate surface area is 104 Å². The molecule has 1 unspecified atom stereocenters. The molecule has 2 heteroatoms. The summed E-state index contributed by atoms with van der Waals surface area (Å²) in [6.45, 7) is 2.04. The van der Waals surface area contributed by atoms with Gasteiger partial charge in [0.2, 0.25) is 0 Å². The zero-order chi connectivity index (χ0) is 12.3. The van der Waals surface area contributed by atoms with Gasteiger partial charge in [0.1, 0.15) is 0 Å². The molecule has 0 bridgehead atoms. The number of benzene rings is 1. The average Bonchev–Trinajstić information content (AvgIpc) is 3.08. The van der Waals surface area contributed by atoms with Crippen molar-refractivity contribution in [2.24, 2.45) is 5.73 Å². The molecule has 1 aromatic rings. The van der Waals surface area contributed by atoms with Gasteiger partial charge in [0.05, 0.1) is 5.60 Å². The monoisotopic (exact) mass is 233 g/mol. The van der Waals surface area contributed by atoms with Crippen LogP contribution in [-0.4, -0.2) is 18.8 Å². The summed E-state index contributed by atoms with van der Waals surface area (Å²) in [6.07, 6.45) is 5.68. The van der Waals surface area contributed by atoms with Crippen molar-refractivity contribution in [2.75, 3.05) is 7.11 Å². The first-order valence-electron chi connectivity index (χ1n) is 6.52. The Balaban J connectivity index is 1.85. The number of hydrogen-bond acceptors (Lipinski definition) is 2. The lowest BCUT2D eigenvalue weighted by atomic mass is 10.0. The molecule has 0 heterocycles. The van der Waals surface area contributed by atoms with Crippen molar-refractivity contribution in [1.82, 2.24) is 0 Å². The van der Waals surface area contributed by atoms with Crippen LogP contribution in [0.15, 0.2) is 24.3 Å². The normalized spacial score (nSPS) is 19.0. The van der Waals surface area contributed by atoms with E-state index in [4.69, 9.17) is 10.5 Å². The van der Waals surface area contributed by atoms with E-state index in [-0.39, 0.29) is 11.6 Å². The smallest absolute Gasteiger partial charge is 0.0684 e. The summed E-state index contributed by atoms with van der Waals surface area (Å²) in [7, 11) is 1.83. The third kappa shape index (κ3) is 3.55. The van der Waals surface area contributed by atoms with E-state index in [1.54, 1.807) is 0 Å². The molecule has 1 aliphatic carbocycles. The van der Waals surface area contributed by atoms with Crippen molar-refractivity contribution in [3.05, 3.63) is 35.4 Å². The van der Waals surface area contributed by atoms with E-state index in [1.165, 1.54) is 24.0 Å². The molecule has 1 aromatic carbocycles. The predicted molar refractivity (Wildman–Crippen MR) is 71.1 cm³/mol. The molecule has 2 nitrogen and oxygen atoms in total. The van der Waals surface area contributed by atoms with E-state index >= 15 is 0 Å². The van der Waals surface area contributed by atoms with Gasteiger partial charge in [-0.2, -0.15) is 0 Å². The van der Waals surface area contributed by atoms with Crippen LogP contribution in [0.2, 0.25) is 0 Å². The molecule has 0 spiro atoms. The standard InChI is InChI=1S/C15H23NO/c1-12(16)11-14-5-3-13(4-6-14)7-8-15(17-2)9-10-15/h3-6,12H,7-11,16H2,1-2H3. The minimum Gasteiger partial charge on any atom is -0.378 e. The van der Waals surface area contributed by atoms with Gasteiger partial charge >= 0.3 is 0 Å². The summed E-state index contributed by atoms with van der Waals surface area (Å²) >= 11 is 0. The third-order valence-electron chi connectivity index (χ3n) is 3.69. The fourth-order valence-electron chi connectivity index (χ4n) is 2.28. The van der Waals surface area contributed by atoms with Crippen LogP contribution in [0, 0.1) is 0 Å². The lowest BCUT2D eigenvalue weighted by Gasteiger charge is -2.13. The Kier molecular flexibility index (Phi) is 3.85. The maximum absolute atomic E-state index is 5.79. The molecule has 1 fully saturated rings. The van der Waals surface area contributed by atoms with Crippen LogP contribution in [0.4, 0.5) is 0 Å². The molecule has 1 saturated carbocycles. The average molecular weight is 233 g/mol. The van der Waals surface area contributed by atoms with Crippen molar-refractivity contribution < 1.29 is 4.74 Å². The molecule has 0 aliphatic heterocycles. The Hall–Kier alpha value is -0.860. The topological polar surface area (TPSA) is 35.2 Å². The van der Waals surface area contributed by atoms with E-state index in [0.717, 1.165) is 19.3 Å². The van der Waals surface area contributed by atoms with Crippen LogP contribution in [0.1, 0.15) is 37.3 Å². The van der Waals surface area contributed by atoms with E-state index in [9.17, 15) is 0 Å². The van der Waals surface area contributed by atoms with Crippen LogP contribution in [0.3, 0.4) is 0 Å². The Morgan fingerprint density at radius 3 is 2.29 bits per heavy atom. The largest absolute Gasteiger partial charge is 0.378 e. The van der Waals surface area contributed by atoms with Gasteiger partial charge in [-0.15, -0.1) is 0 Å². The fraction of sp³-hybridized carbons (Fsp3) is 0.600. The van der Waals surface area contributed by atoms with Gasteiger partial charge in [0.25, 0.3) is 0 Å². The third-order valence-corrected chi connectivity index (χ3v) is 3.69. The number of rotatable bonds is 6. The first kappa shape index (κ1) is 12.6. The molecule has 0 aromatic heterocycles. The first-order valence-corrected chi connectivity index (χ1v) is 6.52. The number of hydrogen-bond donors (Lipinski definition) is 1. The van der Waals surface area contributed by atoms with Gasteiger partial charge in [0.15, 0.2) is 0 Å². The van der Waals surface area contributed by atoms with Gasteiger partial charge in [-0.25, -0.2) is 0 Å². The molecule has 0 radical (unpaired) electrons. The van der Waals surface area contributed by atoms with Crippen LogP contribution in [-0.2, 0) is 17.6 Å². The molecule has 94 valence electrons. The molecule has 1 atom stereocenters. The SMILES string of the molecule is COC1(CCc2ccc(CC(C)N)cc2)CC1. The van der Waals surface area contributed by atoms with Crippen LogP contribution >= 0.6 is 0 Å². The predicted octanol–water partition coefficient (Wildman–Crippen LogP) is 2.69. The Morgan fingerprint density at radius 1 is 1.24 bits per heavy atom.